The summed E-state index contributed by atoms with van der Waals surface area (Å²) in [6, 6.07) is 2.83. The van der Waals surface area contributed by atoms with Crippen LogP contribution in [0.2, 0.25) is 0 Å². The van der Waals surface area contributed by atoms with Crippen LogP contribution in [0.1, 0.15) is 10.4 Å². The summed E-state index contributed by atoms with van der Waals surface area (Å²) in [5.74, 6) is -0.433. The molecule has 12 heavy (non-hydrogen) atoms. The molecule has 2 rings (SSSR count). The lowest BCUT2D eigenvalue weighted by Gasteiger charge is -1.93. The zero-order valence-electron chi connectivity index (χ0n) is 6.07. The smallest absolute Gasteiger partial charge is 0.153 e. The maximum absolute atomic E-state index is 13.0. The molecule has 0 aliphatic carbocycles. The predicted molar refractivity (Wildman–Crippen MR) is 40.5 cm³/mol. The maximum atomic E-state index is 13.0. The standard InChI is InChI=1S/C8H5FN2O/c9-7-2-1-3-11-8(7)6(5-12)4-10-11/h1-5H. The molecular weight excluding hydrogens is 159 g/mol. The number of halogens is 1. The average molecular weight is 164 g/mol. The Kier molecular flexibility index (Phi) is 1.40. The first-order valence-electron chi connectivity index (χ1n) is 3.40. The Bertz CT molecular complexity index is 436. The number of carbonyl (C=O) groups is 1. The molecule has 0 aliphatic heterocycles. The Morgan fingerprint density at radius 1 is 1.58 bits per heavy atom. The van der Waals surface area contributed by atoms with Crippen LogP contribution >= 0.6 is 0 Å². The van der Waals surface area contributed by atoms with E-state index in [-0.39, 0.29) is 11.1 Å². The van der Waals surface area contributed by atoms with Gasteiger partial charge in [0.25, 0.3) is 0 Å². The SMILES string of the molecule is O=Cc1cnn2cccc(F)c12. The molecule has 2 aromatic rings. The third kappa shape index (κ3) is 0.812. The second kappa shape index (κ2) is 2.41. The molecule has 0 aromatic carbocycles. The Hall–Kier alpha value is -1.71. The highest BCUT2D eigenvalue weighted by Gasteiger charge is 2.06. The number of pyridine rings is 1. The van der Waals surface area contributed by atoms with Gasteiger partial charge < -0.3 is 0 Å². The number of fused-ring (bicyclic) bond motifs is 1. The van der Waals surface area contributed by atoms with Gasteiger partial charge in [0.15, 0.2) is 6.29 Å². The first-order valence-corrected chi connectivity index (χ1v) is 3.40. The van der Waals surface area contributed by atoms with E-state index in [2.05, 4.69) is 5.10 Å². The van der Waals surface area contributed by atoms with Gasteiger partial charge in [-0.2, -0.15) is 5.10 Å². The largest absolute Gasteiger partial charge is 0.298 e. The van der Waals surface area contributed by atoms with Crippen molar-refractivity contribution in [3.63, 3.8) is 0 Å². The monoisotopic (exact) mass is 164 g/mol. The van der Waals surface area contributed by atoms with E-state index in [1.165, 1.54) is 22.8 Å². The van der Waals surface area contributed by atoms with Crippen LogP contribution in [-0.4, -0.2) is 15.9 Å². The molecule has 0 unspecified atom stereocenters. The first-order chi connectivity index (χ1) is 5.83. The Balaban J connectivity index is 2.91. The molecule has 4 heteroatoms. The van der Waals surface area contributed by atoms with Gasteiger partial charge in [0.1, 0.15) is 11.3 Å². The van der Waals surface area contributed by atoms with Crippen LogP contribution in [0.15, 0.2) is 24.5 Å². The van der Waals surface area contributed by atoms with E-state index in [4.69, 9.17) is 0 Å². The molecule has 0 atom stereocenters. The van der Waals surface area contributed by atoms with E-state index in [0.717, 1.165) is 0 Å². The molecule has 0 saturated heterocycles. The van der Waals surface area contributed by atoms with E-state index >= 15 is 0 Å². The van der Waals surface area contributed by atoms with E-state index in [0.29, 0.717) is 6.29 Å². The summed E-state index contributed by atoms with van der Waals surface area (Å²) in [5, 5.41) is 3.80. The normalized spacial score (nSPS) is 10.4. The fourth-order valence-electron chi connectivity index (χ4n) is 1.11. The second-order valence-corrected chi connectivity index (χ2v) is 2.37. The number of carbonyl (C=O) groups excluding carboxylic acids is 1. The topological polar surface area (TPSA) is 34.4 Å². The molecule has 0 aliphatic rings. The number of nitrogens with zero attached hydrogens (tertiary/aromatic N) is 2. The van der Waals surface area contributed by atoms with Gasteiger partial charge in [0.05, 0.1) is 11.8 Å². The Labute approximate surface area is 67.4 Å². The molecule has 0 spiro atoms. The van der Waals surface area contributed by atoms with Crippen LogP contribution in [0.25, 0.3) is 5.52 Å². The quantitative estimate of drug-likeness (QED) is 0.595. The minimum Gasteiger partial charge on any atom is -0.298 e. The summed E-state index contributed by atoms with van der Waals surface area (Å²) in [7, 11) is 0. The second-order valence-electron chi connectivity index (χ2n) is 2.37. The van der Waals surface area contributed by atoms with Crippen LogP contribution in [-0.2, 0) is 0 Å². The Morgan fingerprint density at radius 3 is 3.17 bits per heavy atom. The number of hydrogen-bond acceptors (Lipinski definition) is 2. The molecule has 60 valence electrons. The van der Waals surface area contributed by atoms with Crippen LogP contribution < -0.4 is 0 Å². The highest BCUT2D eigenvalue weighted by molar-refractivity contribution is 5.85. The van der Waals surface area contributed by atoms with Crippen LogP contribution in [0, 0.1) is 5.82 Å². The number of rotatable bonds is 1. The molecule has 0 saturated carbocycles. The fourth-order valence-corrected chi connectivity index (χ4v) is 1.11. The Morgan fingerprint density at radius 2 is 2.42 bits per heavy atom. The van der Waals surface area contributed by atoms with E-state index in [1.807, 2.05) is 0 Å². The van der Waals surface area contributed by atoms with E-state index in [1.54, 1.807) is 6.20 Å². The van der Waals surface area contributed by atoms with Gasteiger partial charge in [-0.3, -0.25) is 4.79 Å². The van der Waals surface area contributed by atoms with Crippen molar-refractivity contribution in [2.75, 3.05) is 0 Å². The molecule has 0 bridgehead atoms. The number of aromatic nitrogens is 2. The van der Waals surface area contributed by atoms with Gasteiger partial charge in [-0.25, -0.2) is 8.91 Å². The van der Waals surface area contributed by atoms with Crippen LogP contribution in [0.5, 0.6) is 0 Å². The number of hydrogen-bond donors (Lipinski definition) is 0. The zero-order chi connectivity index (χ0) is 8.55. The summed E-state index contributed by atoms with van der Waals surface area (Å²) >= 11 is 0. The zero-order valence-corrected chi connectivity index (χ0v) is 6.07. The van der Waals surface area contributed by atoms with Gasteiger partial charge in [-0.15, -0.1) is 0 Å². The molecule has 0 N–H and O–H groups in total. The van der Waals surface area contributed by atoms with Crippen LogP contribution in [0.4, 0.5) is 4.39 Å². The summed E-state index contributed by atoms with van der Waals surface area (Å²) in [6.45, 7) is 0. The van der Waals surface area contributed by atoms with Gasteiger partial charge >= 0.3 is 0 Å². The van der Waals surface area contributed by atoms with Crippen molar-refractivity contribution in [1.29, 1.82) is 0 Å². The molecule has 0 fully saturated rings. The molecule has 2 heterocycles. The molecule has 0 amide bonds. The first kappa shape index (κ1) is 6.97. The molecule has 2 aromatic heterocycles. The minimum atomic E-state index is -0.433. The summed E-state index contributed by atoms with van der Waals surface area (Å²) in [4.78, 5) is 10.4. The highest BCUT2D eigenvalue weighted by Crippen LogP contribution is 2.11. The predicted octanol–water partition coefficient (Wildman–Crippen LogP) is 1.29. The highest BCUT2D eigenvalue weighted by atomic mass is 19.1. The van der Waals surface area contributed by atoms with Crippen LogP contribution in [0.3, 0.4) is 0 Å². The van der Waals surface area contributed by atoms with Gasteiger partial charge in [0.2, 0.25) is 0 Å². The minimum absolute atomic E-state index is 0.229. The van der Waals surface area contributed by atoms with Crippen molar-refractivity contribution >= 4 is 11.8 Å². The molecule has 0 radical (unpaired) electrons. The lowest BCUT2D eigenvalue weighted by Crippen LogP contribution is -1.89. The fraction of sp³-hybridized carbons (Fsp3) is 0. The molecular formula is C8H5FN2O. The van der Waals surface area contributed by atoms with E-state index < -0.39 is 5.82 Å². The van der Waals surface area contributed by atoms with Crippen molar-refractivity contribution in [3.8, 4) is 0 Å². The van der Waals surface area contributed by atoms with Gasteiger partial charge in [-0.05, 0) is 12.1 Å². The summed E-state index contributed by atoms with van der Waals surface area (Å²) in [5.41, 5.74) is 0.501. The van der Waals surface area contributed by atoms with E-state index in [9.17, 15) is 9.18 Å². The third-order valence-electron chi connectivity index (χ3n) is 1.65. The summed E-state index contributed by atoms with van der Waals surface area (Å²) < 4.78 is 14.4. The lowest BCUT2D eigenvalue weighted by atomic mass is 10.3. The van der Waals surface area contributed by atoms with Crippen molar-refractivity contribution in [1.82, 2.24) is 9.61 Å². The van der Waals surface area contributed by atoms with Gasteiger partial charge in [0, 0.05) is 6.20 Å². The molecule has 3 nitrogen and oxygen atoms in total. The maximum Gasteiger partial charge on any atom is 0.153 e. The average Bonchev–Trinajstić information content (AvgIpc) is 2.49. The van der Waals surface area contributed by atoms with Crippen molar-refractivity contribution < 1.29 is 9.18 Å². The number of aldehydes is 1. The van der Waals surface area contributed by atoms with Crippen molar-refractivity contribution in [2.24, 2.45) is 0 Å². The van der Waals surface area contributed by atoms with Gasteiger partial charge in [-0.1, -0.05) is 0 Å². The van der Waals surface area contributed by atoms with Crippen molar-refractivity contribution in [2.45, 2.75) is 0 Å². The summed E-state index contributed by atoms with van der Waals surface area (Å²) in [6.07, 6.45) is 3.52. The lowest BCUT2D eigenvalue weighted by molar-refractivity contribution is 0.112. The van der Waals surface area contributed by atoms with Crippen molar-refractivity contribution in [3.05, 3.63) is 35.9 Å². The third-order valence-corrected chi connectivity index (χ3v) is 1.65.